The lowest BCUT2D eigenvalue weighted by Crippen LogP contribution is -2.29. The molecule has 0 heterocycles. The molecule has 79 heavy (non-hydrogen) atoms. The molecule has 0 bridgehead atoms. The van der Waals surface area contributed by atoms with Gasteiger partial charge in [0.15, 0.2) is 6.10 Å². The molecule has 0 saturated heterocycles. The number of hydrogen-bond donors (Lipinski definition) is 2. The molecule has 0 aliphatic heterocycles. The van der Waals surface area contributed by atoms with Gasteiger partial charge in [0.2, 0.25) is 0 Å². The van der Waals surface area contributed by atoms with Crippen molar-refractivity contribution in [1.82, 2.24) is 0 Å². The molecule has 0 aromatic rings. The van der Waals surface area contributed by atoms with Gasteiger partial charge in [0.25, 0.3) is 0 Å². The van der Waals surface area contributed by atoms with E-state index in [1.54, 1.807) is 0 Å². The number of ether oxygens (including phenoxy) is 2. The summed E-state index contributed by atoms with van der Waals surface area (Å²) in [6, 6.07) is 0. The first kappa shape index (κ1) is 73.8. The Hall–Kier alpha value is -5.15. The van der Waals surface area contributed by atoms with E-state index in [0.717, 1.165) is 154 Å². The van der Waals surface area contributed by atoms with Crippen molar-refractivity contribution in [1.29, 1.82) is 0 Å². The van der Waals surface area contributed by atoms with Gasteiger partial charge in [0.05, 0.1) is 13.2 Å². The smallest absolute Gasteiger partial charge is 0.462 e. The van der Waals surface area contributed by atoms with Crippen LogP contribution < -0.4 is 5.73 Å². The third-order valence-corrected chi connectivity index (χ3v) is 12.5. The number of esters is 2. The lowest BCUT2D eigenvalue weighted by molar-refractivity contribution is -0.161. The second kappa shape index (κ2) is 62.1. The van der Waals surface area contributed by atoms with Gasteiger partial charge in [-0.3, -0.25) is 18.6 Å². The molecule has 10 heteroatoms. The Morgan fingerprint density at radius 1 is 0.380 bits per heavy atom. The lowest BCUT2D eigenvalue weighted by atomic mass is 10.1. The summed E-state index contributed by atoms with van der Waals surface area (Å²) in [6.45, 7) is 3.41. The van der Waals surface area contributed by atoms with Crippen LogP contribution in [0.1, 0.15) is 194 Å². The van der Waals surface area contributed by atoms with Crippen molar-refractivity contribution < 1.29 is 37.6 Å². The molecular weight excluding hydrogens is 1000 g/mol. The average molecular weight is 1110 g/mol. The van der Waals surface area contributed by atoms with Crippen LogP contribution in [0.3, 0.4) is 0 Å². The highest BCUT2D eigenvalue weighted by atomic mass is 31.2. The maximum atomic E-state index is 12.7. The van der Waals surface area contributed by atoms with E-state index in [-0.39, 0.29) is 32.6 Å². The highest BCUT2D eigenvalue weighted by molar-refractivity contribution is 7.47. The molecule has 0 radical (unpaired) electrons. The minimum absolute atomic E-state index is 0.0330. The molecule has 0 aliphatic carbocycles. The van der Waals surface area contributed by atoms with Gasteiger partial charge in [-0.2, -0.15) is 0 Å². The van der Waals surface area contributed by atoms with Crippen molar-refractivity contribution in [2.24, 2.45) is 5.73 Å². The van der Waals surface area contributed by atoms with Crippen LogP contribution in [-0.2, 0) is 32.7 Å². The molecule has 0 fully saturated rings. The quantitative estimate of drug-likeness (QED) is 0.0264. The third kappa shape index (κ3) is 61.9. The minimum Gasteiger partial charge on any atom is -0.462 e. The predicted octanol–water partition coefficient (Wildman–Crippen LogP) is 19.4. The van der Waals surface area contributed by atoms with E-state index in [4.69, 9.17) is 24.3 Å². The maximum Gasteiger partial charge on any atom is 0.472 e. The van der Waals surface area contributed by atoms with Gasteiger partial charge >= 0.3 is 19.8 Å². The summed E-state index contributed by atoms with van der Waals surface area (Å²) < 4.78 is 33.0. The van der Waals surface area contributed by atoms with E-state index in [0.29, 0.717) is 12.8 Å². The number of unbranched alkanes of at least 4 members (excludes halogenated alkanes) is 8. The molecule has 0 aromatic carbocycles. The number of phosphoric acid groups is 1. The van der Waals surface area contributed by atoms with Gasteiger partial charge in [-0.25, -0.2) is 4.57 Å². The minimum atomic E-state index is -4.42. The van der Waals surface area contributed by atoms with Gasteiger partial charge in [0.1, 0.15) is 6.61 Å². The molecule has 0 spiro atoms. The van der Waals surface area contributed by atoms with Crippen molar-refractivity contribution >= 4 is 19.8 Å². The van der Waals surface area contributed by atoms with Gasteiger partial charge in [-0.15, -0.1) is 0 Å². The van der Waals surface area contributed by atoms with E-state index in [1.807, 2.05) is 0 Å². The van der Waals surface area contributed by atoms with E-state index in [2.05, 4.69) is 208 Å². The third-order valence-electron chi connectivity index (χ3n) is 11.5. The van der Waals surface area contributed by atoms with Crippen molar-refractivity contribution in [2.75, 3.05) is 26.4 Å². The fourth-order valence-corrected chi connectivity index (χ4v) is 7.90. The molecular formula is C69H106NO8P. The molecule has 2 unspecified atom stereocenters. The zero-order valence-corrected chi connectivity index (χ0v) is 49.9. The summed E-state index contributed by atoms with van der Waals surface area (Å²) in [4.78, 5) is 35.2. The van der Waals surface area contributed by atoms with Crippen molar-refractivity contribution in [3.63, 3.8) is 0 Å². The van der Waals surface area contributed by atoms with E-state index in [1.165, 1.54) is 0 Å². The summed E-state index contributed by atoms with van der Waals surface area (Å²) in [5.74, 6) is -0.907. The molecule has 0 amide bonds. The van der Waals surface area contributed by atoms with Crippen LogP contribution in [0.4, 0.5) is 0 Å². The van der Waals surface area contributed by atoms with E-state index in [9.17, 15) is 19.0 Å². The van der Waals surface area contributed by atoms with Crippen LogP contribution in [-0.4, -0.2) is 49.3 Å². The first-order chi connectivity index (χ1) is 38.8. The normalized spacial score (nSPS) is 14.4. The van der Waals surface area contributed by atoms with E-state index >= 15 is 0 Å². The largest absolute Gasteiger partial charge is 0.472 e. The summed E-state index contributed by atoms with van der Waals surface area (Å²) in [6.07, 6.45) is 94.9. The zero-order valence-electron chi connectivity index (χ0n) is 49.0. The Kier molecular flexibility index (Phi) is 58.0. The number of nitrogens with two attached hydrogens (primary N) is 1. The monoisotopic (exact) mass is 1110 g/mol. The second-order valence-corrected chi connectivity index (χ2v) is 20.2. The van der Waals surface area contributed by atoms with Crippen LogP contribution in [0.5, 0.6) is 0 Å². The average Bonchev–Trinajstić information content (AvgIpc) is 3.44. The van der Waals surface area contributed by atoms with E-state index < -0.39 is 32.5 Å². The second-order valence-electron chi connectivity index (χ2n) is 18.7. The maximum absolute atomic E-state index is 12.7. The zero-order chi connectivity index (χ0) is 57.3. The lowest BCUT2D eigenvalue weighted by Gasteiger charge is -2.19. The SMILES string of the molecule is CC/C=C\C/C=C\C/C=C\C/C=C\C/C=C\C/C=C\C/C=C\C/C=C\C/C=C\C/C=C\C/C=C\CCCCCC(=O)OC(COC(=O)CCCCCCC/C=C\C/C=C\C/C=C\C/C=C\C/C=C\CC)COP(=O)(O)OCCN. The van der Waals surface area contributed by atoms with Crippen LogP contribution in [0.25, 0.3) is 0 Å². The Bertz CT molecular complexity index is 1990. The number of hydrogen-bond acceptors (Lipinski definition) is 8. The Labute approximate surface area is 481 Å². The number of carbonyl (C=O) groups is 2. The Morgan fingerprint density at radius 2 is 0.658 bits per heavy atom. The highest BCUT2D eigenvalue weighted by Gasteiger charge is 2.26. The van der Waals surface area contributed by atoms with Crippen LogP contribution >= 0.6 is 7.82 Å². The molecule has 0 rings (SSSR count). The fourth-order valence-electron chi connectivity index (χ4n) is 7.14. The Morgan fingerprint density at radius 3 is 0.987 bits per heavy atom. The van der Waals surface area contributed by atoms with Crippen LogP contribution in [0, 0.1) is 0 Å². The predicted molar refractivity (Wildman–Crippen MR) is 338 cm³/mol. The molecule has 0 aromatic heterocycles. The van der Waals surface area contributed by atoms with Crippen molar-refractivity contribution in [3.05, 3.63) is 194 Å². The van der Waals surface area contributed by atoms with Crippen molar-refractivity contribution in [3.8, 4) is 0 Å². The summed E-state index contributed by atoms with van der Waals surface area (Å²) in [5, 5.41) is 0. The van der Waals surface area contributed by atoms with Gasteiger partial charge in [0, 0.05) is 19.4 Å². The fraction of sp³-hybridized carbons (Fsp3) is 0.507. The topological polar surface area (TPSA) is 134 Å². The number of phosphoric ester groups is 1. The van der Waals surface area contributed by atoms with Crippen molar-refractivity contribution in [2.45, 2.75) is 200 Å². The first-order valence-electron chi connectivity index (χ1n) is 29.9. The molecule has 2 atom stereocenters. The standard InChI is InChI=1S/C69H106NO8P/c1-3-5-7-9-11-13-15-17-19-21-23-25-26-27-28-29-30-31-32-33-34-35-36-37-38-39-40-42-44-46-48-50-52-54-56-58-60-62-69(72)78-67(66-77-79(73,74)76-64-63-70)65-75-68(71)61-59-57-55-53-51-49-47-45-43-41-24-22-20-18-16-14-12-10-8-6-4-2/h5-8,11-14,17-20,23-25,27-28,30-31,33-34,36-37,39-41,44-47,50,52,67H,3-4,9-10,15-16,21-22,26,29,32,35,38,42-43,48-49,51,53-66,70H2,1-2H3,(H,73,74)/b7-5-,8-6-,13-11-,14-12-,19-17-,20-18-,25-23-,28-27-,31-30-,34-33-,37-36-,40-39-,41-24-,46-44-,47-45-,52-50-. The summed E-state index contributed by atoms with van der Waals surface area (Å²) >= 11 is 0. The molecule has 440 valence electrons. The highest BCUT2D eigenvalue weighted by Crippen LogP contribution is 2.43. The summed E-state index contributed by atoms with van der Waals surface area (Å²) in [7, 11) is -4.42. The van der Waals surface area contributed by atoms with Crippen LogP contribution in [0.2, 0.25) is 0 Å². The number of rotatable bonds is 53. The van der Waals surface area contributed by atoms with Crippen LogP contribution in [0.15, 0.2) is 194 Å². The van der Waals surface area contributed by atoms with Gasteiger partial charge in [-0.05, 0) is 141 Å². The number of allylic oxidation sites excluding steroid dienone is 32. The molecule has 0 aliphatic rings. The molecule has 3 N–H and O–H groups in total. The number of carbonyl (C=O) groups excluding carboxylic acids is 2. The summed E-state index contributed by atoms with van der Waals surface area (Å²) in [5.41, 5.74) is 5.38. The van der Waals surface area contributed by atoms with Gasteiger partial charge < -0.3 is 20.1 Å². The van der Waals surface area contributed by atoms with Gasteiger partial charge in [-0.1, -0.05) is 234 Å². The molecule has 0 saturated carbocycles. The first-order valence-corrected chi connectivity index (χ1v) is 31.4. The Balaban J connectivity index is 4.15. The molecule has 9 nitrogen and oxygen atoms in total.